The summed E-state index contributed by atoms with van der Waals surface area (Å²) in [5, 5.41) is 9.02. The highest BCUT2D eigenvalue weighted by Gasteiger charge is 2.58. The SMILES string of the molecule is Cn1cnc2cnn(Cc3nc(C4[C@H]5CN(c6cc(Cl)ccn6)C[C@@H]45)no3)c(=O)c21. The first kappa shape index (κ1) is 17.6. The number of halogens is 1. The molecular formula is C19H17ClN8O2. The standard InChI is InChI=1S/C19H17ClN8O2/c1-26-9-22-13-5-23-28(19(29)17(13)26)8-15-24-18(25-30-15)16-11-6-27(7-12(11)16)14-4-10(20)2-3-21-14/h2-5,9,11-12,16H,6-8H2,1H3/t11-,12+,16?. The number of rotatable bonds is 4. The van der Waals surface area contributed by atoms with Crippen molar-refractivity contribution in [2.45, 2.75) is 12.5 Å². The zero-order valence-corrected chi connectivity index (χ0v) is 16.8. The van der Waals surface area contributed by atoms with Crippen molar-refractivity contribution in [2.24, 2.45) is 18.9 Å². The molecular weight excluding hydrogens is 408 g/mol. The van der Waals surface area contributed by atoms with Crippen LogP contribution < -0.4 is 10.5 Å². The number of aryl methyl sites for hydroxylation is 1. The van der Waals surface area contributed by atoms with Gasteiger partial charge in [-0.25, -0.2) is 14.6 Å². The maximum absolute atomic E-state index is 12.7. The van der Waals surface area contributed by atoms with Gasteiger partial charge in [0.25, 0.3) is 5.56 Å². The third-order valence-electron chi connectivity index (χ3n) is 6.01. The van der Waals surface area contributed by atoms with Gasteiger partial charge in [0.05, 0.1) is 12.5 Å². The van der Waals surface area contributed by atoms with Crippen LogP contribution in [0.25, 0.3) is 11.0 Å². The topological polar surface area (TPSA) is 108 Å². The number of anilines is 1. The van der Waals surface area contributed by atoms with Crippen molar-refractivity contribution in [1.82, 2.24) is 34.5 Å². The minimum absolute atomic E-state index is 0.133. The van der Waals surface area contributed by atoms with Gasteiger partial charge < -0.3 is 14.0 Å². The molecule has 10 nitrogen and oxygen atoms in total. The number of hydrogen-bond donors (Lipinski definition) is 0. The first-order valence-electron chi connectivity index (χ1n) is 9.64. The fourth-order valence-electron chi connectivity index (χ4n) is 4.47. The predicted octanol–water partition coefficient (Wildman–Crippen LogP) is 1.46. The Morgan fingerprint density at radius 2 is 2.10 bits per heavy atom. The molecule has 5 heterocycles. The second-order valence-electron chi connectivity index (χ2n) is 7.83. The highest BCUT2D eigenvalue weighted by molar-refractivity contribution is 6.30. The summed E-state index contributed by atoms with van der Waals surface area (Å²) >= 11 is 6.08. The maximum atomic E-state index is 12.7. The van der Waals surface area contributed by atoms with Crippen molar-refractivity contribution in [2.75, 3.05) is 18.0 Å². The number of fused-ring (bicyclic) bond motifs is 2. The van der Waals surface area contributed by atoms with E-state index in [0.29, 0.717) is 39.6 Å². The summed E-state index contributed by atoms with van der Waals surface area (Å²) in [5.41, 5.74) is 0.825. The number of imidazole rings is 1. The van der Waals surface area contributed by atoms with Crippen LogP contribution in [-0.2, 0) is 13.6 Å². The summed E-state index contributed by atoms with van der Waals surface area (Å²) in [5.74, 6) is 3.21. The highest BCUT2D eigenvalue weighted by atomic mass is 35.5. The lowest BCUT2D eigenvalue weighted by atomic mass is 10.2. The van der Waals surface area contributed by atoms with Crippen molar-refractivity contribution in [1.29, 1.82) is 0 Å². The van der Waals surface area contributed by atoms with Crippen LogP contribution in [-0.4, -0.2) is 47.5 Å². The van der Waals surface area contributed by atoms with Gasteiger partial charge in [-0.15, -0.1) is 0 Å². The van der Waals surface area contributed by atoms with E-state index in [-0.39, 0.29) is 18.0 Å². The van der Waals surface area contributed by atoms with Crippen molar-refractivity contribution in [3.05, 3.63) is 57.9 Å². The molecule has 4 aromatic rings. The molecule has 11 heteroatoms. The molecule has 0 N–H and O–H groups in total. The molecule has 1 saturated heterocycles. The van der Waals surface area contributed by atoms with Crippen LogP contribution in [0.2, 0.25) is 5.02 Å². The number of piperidine rings is 1. The summed E-state index contributed by atoms with van der Waals surface area (Å²) in [6, 6.07) is 3.66. The van der Waals surface area contributed by atoms with Crippen molar-refractivity contribution in [3.63, 3.8) is 0 Å². The third kappa shape index (κ3) is 2.71. The van der Waals surface area contributed by atoms with E-state index < -0.39 is 0 Å². The van der Waals surface area contributed by atoms with E-state index in [1.165, 1.54) is 4.68 Å². The monoisotopic (exact) mass is 424 g/mol. The van der Waals surface area contributed by atoms with Crippen molar-refractivity contribution in [3.8, 4) is 0 Å². The summed E-state index contributed by atoms with van der Waals surface area (Å²) < 4.78 is 8.42. The van der Waals surface area contributed by atoms with Gasteiger partial charge in [0.1, 0.15) is 23.4 Å². The molecule has 2 fully saturated rings. The average Bonchev–Trinajstić information content (AvgIpc) is 3.16. The lowest BCUT2D eigenvalue weighted by Gasteiger charge is -2.20. The summed E-state index contributed by atoms with van der Waals surface area (Å²) in [6.45, 7) is 1.92. The minimum atomic E-state index is -0.236. The van der Waals surface area contributed by atoms with E-state index in [0.717, 1.165) is 18.9 Å². The smallest absolute Gasteiger partial charge is 0.293 e. The molecule has 1 aliphatic carbocycles. The molecule has 4 aromatic heterocycles. The largest absolute Gasteiger partial charge is 0.356 e. The van der Waals surface area contributed by atoms with Gasteiger partial charge in [0.2, 0.25) is 5.89 Å². The molecule has 1 unspecified atom stereocenters. The quantitative estimate of drug-likeness (QED) is 0.484. The number of nitrogens with zero attached hydrogens (tertiary/aromatic N) is 8. The Morgan fingerprint density at radius 1 is 1.27 bits per heavy atom. The molecule has 152 valence electrons. The molecule has 2 aliphatic rings. The molecule has 0 bridgehead atoms. The first-order valence-corrected chi connectivity index (χ1v) is 10.0. The van der Waals surface area contributed by atoms with Gasteiger partial charge >= 0.3 is 0 Å². The highest BCUT2D eigenvalue weighted by Crippen LogP contribution is 2.57. The average molecular weight is 425 g/mol. The molecule has 0 amide bonds. The lowest BCUT2D eigenvalue weighted by Crippen LogP contribution is -2.25. The van der Waals surface area contributed by atoms with Crippen LogP contribution in [0.5, 0.6) is 0 Å². The molecule has 30 heavy (non-hydrogen) atoms. The van der Waals surface area contributed by atoms with E-state index in [4.69, 9.17) is 16.1 Å². The molecule has 0 aromatic carbocycles. The van der Waals surface area contributed by atoms with Crippen molar-refractivity contribution < 1.29 is 4.52 Å². The first-order chi connectivity index (χ1) is 14.6. The lowest BCUT2D eigenvalue weighted by molar-refractivity contribution is 0.358. The van der Waals surface area contributed by atoms with E-state index in [1.807, 2.05) is 6.07 Å². The molecule has 0 spiro atoms. The third-order valence-corrected chi connectivity index (χ3v) is 6.25. The van der Waals surface area contributed by atoms with Crippen LogP contribution in [0.1, 0.15) is 17.6 Å². The zero-order chi connectivity index (χ0) is 20.4. The van der Waals surface area contributed by atoms with Gasteiger partial charge in [0, 0.05) is 37.3 Å². The molecule has 6 rings (SSSR count). The van der Waals surface area contributed by atoms with Crippen LogP contribution in [0.3, 0.4) is 0 Å². The number of aromatic nitrogens is 7. The van der Waals surface area contributed by atoms with Gasteiger partial charge in [-0.2, -0.15) is 10.1 Å². The summed E-state index contributed by atoms with van der Waals surface area (Å²) in [6.07, 6.45) is 4.89. The van der Waals surface area contributed by atoms with Crippen molar-refractivity contribution >= 4 is 28.5 Å². The van der Waals surface area contributed by atoms with Gasteiger partial charge in [0.15, 0.2) is 5.82 Å². The van der Waals surface area contributed by atoms with E-state index in [2.05, 4.69) is 30.1 Å². The van der Waals surface area contributed by atoms with Crippen LogP contribution in [0.4, 0.5) is 5.82 Å². The Kier molecular flexibility index (Phi) is 3.73. The molecule has 0 radical (unpaired) electrons. The van der Waals surface area contributed by atoms with Gasteiger partial charge in [-0.3, -0.25) is 4.79 Å². The molecule has 3 atom stereocenters. The number of pyridine rings is 1. The second kappa shape index (κ2) is 6.36. The van der Waals surface area contributed by atoms with Gasteiger partial charge in [-0.05, 0) is 24.0 Å². The van der Waals surface area contributed by atoms with E-state index in [9.17, 15) is 4.79 Å². The van der Waals surface area contributed by atoms with Gasteiger partial charge in [-0.1, -0.05) is 16.8 Å². The van der Waals surface area contributed by atoms with Crippen LogP contribution >= 0.6 is 11.6 Å². The summed E-state index contributed by atoms with van der Waals surface area (Å²) in [4.78, 5) is 28.0. The van der Waals surface area contributed by atoms with Crippen LogP contribution in [0.15, 0.2) is 40.2 Å². The Hall–Kier alpha value is -3.27. The fourth-order valence-corrected chi connectivity index (χ4v) is 4.63. The summed E-state index contributed by atoms with van der Waals surface area (Å²) in [7, 11) is 1.78. The van der Waals surface area contributed by atoms with E-state index >= 15 is 0 Å². The predicted molar refractivity (Wildman–Crippen MR) is 107 cm³/mol. The zero-order valence-electron chi connectivity index (χ0n) is 16.0. The Labute approximate surface area is 175 Å². The molecule has 1 aliphatic heterocycles. The second-order valence-corrected chi connectivity index (χ2v) is 8.27. The maximum Gasteiger partial charge on any atom is 0.293 e. The Bertz CT molecular complexity index is 1320. The Morgan fingerprint density at radius 3 is 2.90 bits per heavy atom. The minimum Gasteiger partial charge on any atom is -0.356 e. The van der Waals surface area contributed by atoms with Crippen LogP contribution in [0, 0.1) is 11.8 Å². The normalized spacial score (nSPS) is 22.6. The van der Waals surface area contributed by atoms with E-state index in [1.54, 1.807) is 36.4 Å². The molecule has 1 saturated carbocycles. The fraction of sp³-hybridized carbons (Fsp3) is 0.368. The number of hydrogen-bond acceptors (Lipinski definition) is 8. The Balaban J connectivity index is 1.17.